The molecular weight excluding hydrogens is 420 g/mol. The number of morpholine rings is 1. The van der Waals surface area contributed by atoms with Crippen molar-refractivity contribution in [1.29, 1.82) is 0 Å². The zero-order chi connectivity index (χ0) is 21.1. The number of ether oxygens (including phenoxy) is 1. The van der Waals surface area contributed by atoms with Crippen molar-refractivity contribution in [3.8, 4) is 11.4 Å². The highest BCUT2D eigenvalue weighted by atomic mass is 35.5. The van der Waals surface area contributed by atoms with Gasteiger partial charge in [-0.2, -0.15) is 11.8 Å². The third kappa shape index (κ3) is 4.27. The van der Waals surface area contributed by atoms with Crippen molar-refractivity contribution in [3.05, 3.63) is 35.2 Å². The quantitative estimate of drug-likeness (QED) is 0.586. The minimum atomic E-state index is 0.286. The van der Waals surface area contributed by atoms with Crippen LogP contribution in [0.25, 0.3) is 22.4 Å². The number of hydrogen-bond acceptors (Lipinski definition) is 7. The Balaban J connectivity index is 0.00000106. The van der Waals surface area contributed by atoms with Crippen LogP contribution in [-0.2, 0) is 4.74 Å². The highest BCUT2D eigenvalue weighted by molar-refractivity contribution is 7.99. The van der Waals surface area contributed by atoms with Crippen molar-refractivity contribution in [2.45, 2.75) is 31.1 Å². The maximum absolute atomic E-state index is 6.29. The van der Waals surface area contributed by atoms with E-state index in [2.05, 4.69) is 33.6 Å². The van der Waals surface area contributed by atoms with Gasteiger partial charge in [-0.25, -0.2) is 15.0 Å². The van der Waals surface area contributed by atoms with Gasteiger partial charge in [0.2, 0.25) is 0 Å². The van der Waals surface area contributed by atoms with E-state index in [4.69, 9.17) is 26.3 Å². The van der Waals surface area contributed by atoms with Crippen LogP contribution in [0.3, 0.4) is 0 Å². The number of aromatic amines is 1. The summed E-state index contributed by atoms with van der Waals surface area (Å²) in [7, 11) is 1.50. The van der Waals surface area contributed by atoms with Crippen LogP contribution in [0.5, 0.6) is 0 Å². The number of fused-ring (bicyclic) bond motifs is 1. The lowest BCUT2D eigenvalue weighted by Crippen LogP contribution is -2.44. The number of aromatic nitrogens is 4. The first-order valence-electron chi connectivity index (χ1n) is 10.3. The Bertz CT molecular complexity index is 1010. The van der Waals surface area contributed by atoms with Crippen LogP contribution in [0.2, 0.25) is 5.15 Å². The molecule has 5 rings (SSSR count). The van der Waals surface area contributed by atoms with Crippen LogP contribution < -0.4 is 10.6 Å². The van der Waals surface area contributed by atoms with E-state index in [9.17, 15) is 0 Å². The monoisotopic (exact) mass is 446 g/mol. The summed E-state index contributed by atoms with van der Waals surface area (Å²) >= 11 is 8.28. The number of hydrogen-bond donors (Lipinski definition) is 2. The normalized spacial score (nSPS) is 21.5. The second-order valence-electron chi connectivity index (χ2n) is 7.33. The molecule has 7 nitrogen and oxygen atoms in total. The Hall–Kier alpha value is -1.87. The average Bonchev–Trinajstić information content (AvgIpc) is 3.47. The summed E-state index contributed by atoms with van der Waals surface area (Å²) in [5.41, 5.74) is 7.29. The van der Waals surface area contributed by atoms with E-state index in [1.807, 2.05) is 30.1 Å². The van der Waals surface area contributed by atoms with Gasteiger partial charge in [0.05, 0.1) is 24.9 Å². The van der Waals surface area contributed by atoms with Gasteiger partial charge in [-0.3, -0.25) is 0 Å². The molecule has 30 heavy (non-hydrogen) atoms. The number of nitrogens with two attached hydrogens (primary N) is 1. The minimum absolute atomic E-state index is 0.286. The van der Waals surface area contributed by atoms with Gasteiger partial charge in [-0.1, -0.05) is 11.6 Å². The summed E-state index contributed by atoms with van der Waals surface area (Å²) in [6, 6.07) is 6.33. The first kappa shape index (κ1) is 21.4. The zero-order valence-electron chi connectivity index (χ0n) is 17.3. The second-order valence-corrected chi connectivity index (χ2v) is 9.02. The predicted octanol–water partition coefficient (Wildman–Crippen LogP) is 4.04. The third-order valence-electron chi connectivity index (χ3n) is 5.39. The fourth-order valence-corrected chi connectivity index (χ4v) is 5.39. The number of rotatable bonds is 3. The van der Waals surface area contributed by atoms with Gasteiger partial charge in [-0.05, 0) is 44.7 Å². The molecule has 0 amide bonds. The van der Waals surface area contributed by atoms with Gasteiger partial charge in [0, 0.05) is 35.0 Å². The van der Waals surface area contributed by atoms with E-state index >= 15 is 0 Å². The van der Waals surface area contributed by atoms with E-state index in [0.29, 0.717) is 16.2 Å². The van der Waals surface area contributed by atoms with E-state index in [-0.39, 0.29) is 6.04 Å². The van der Waals surface area contributed by atoms with Crippen molar-refractivity contribution >= 4 is 40.2 Å². The lowest BCUT2D eigenvalue weighted by atomic mass is 10.1. The molecule has 2 fully saturated rings. The minimum Gasteiger partial charge on any atom is -0.377 e. The molecule has 0 aliphatic carbocycles. The van der Waals surface area contributed by atoms with Gasteiger partial charge in [0.15, 0.2) is 5.82 Å². The lowest BCUT2D eigenvalue weighted by molar-refractivity contribution is 0.0985. The molecule has 9 heteroatoms. The summed E-state index contributed by atoms with van der Waals surface area (Å²) in [4.78, 5) is 19.8. The number of thioether (sulfide) groups is 1. The van der Waals surface area contributed by atoms with Crippen LogP contribution in [-0.4, -0.2) is 58.5 Å². The maximum atomic E-state index is 6.29. The van der Waals surface area contributed by atoms with Gasteiger partial charge >= 0.3 is 0 Å². The highest BCUT2D eigenvalue weighted by Crippen LogP contribution is 2.41. The standard InChI is InChI=1S/C20H22ClN5OS.CH5N/c1-12-11-27-7-6-26(12)18-10-15(16-3-2-8-28-16)23-20(25-18)14-9-17(21)24-19-13(14)4-5-22-19;1-2/h4-5,9-10,12,16H,2-3,6-8,11H2,1H3,(H,22,24);2H2,1H3. The Morgan fingerprint density at radius 3 is 2.90 bits per heavy atom. The van der Waals surface area contributed by atoms with E-state index in [1.165, 1.54) is 19.2 Å². The van der Waals surface area contributed by atoms with Crippen LogP contribution in [0.15, 0.2) is 24.4 Å². The molecule has 2 aliphatic rings. The summed E-state index contributed by atoms with van der Waals surface area (Å²) in [6.45, 7) is 4.46. The van der Waals surface area contributed by atoms with Crippen molar-refractivity contribution in [3.63, 3.8) is 0 Å². The van der Waals surface area contributed by atoms with Gasteiger partial charge in [0.25, 0.3) is 0 Å². The Labute approximate surface area is 185 Å². The topological polar surface area (TPSA) is 93.0 Å². The van der Waals surface area contributed by atoms with Crippen LogP contribution >= 0.6 is 23.4 Å². The number of halogens is 1. The molecular formula is C21H27ClN6OS. The molecule has 2 aliphatic heterocycles. The van der Waals surface area contributed by atoms with Crippen LogP contribution in [0.1, 0.15) is 30.7 Å². The maximum Gasteiger partial charge on any atom is 0.162 e. The smallest absolute Gasteiger partial charge is 0.162 e. The number of H-pyrrole nitrogens is 1. The highest BCUT2D eigenvalue weighted by Gasteiger charge is 2.26. The van der Waals surface area contributed by atoms with E-state index < -0.39 is 0 Å². The molecule has 2 saturated heterocycles. The SMILES string of the molecule is CC1COCCN1c1cc(C2CCCS2)nc(-c2cc(Cl)nc3[nH]ccc23)n1.CN. The lowest BCUT2D eigenvalue weighted by Gasteiger charge is -2.34. The fourth-order valence-electron chi connectivity index (χ4n) is 3.95. The summed E-state index contributed by atoms with van der Waals surface area (Å²) in [5.74, 6) is 2.88. The van der Waals surface area contributed by atoms with Gasteiger partial charge < -0.3 is 20.4 Å². The molecule has 0 spiro atoms. The molecule has 0 bridgehead atoms. The molecule has 0 radical (unpaired) electrons. The average molecular weight is 447 g/mol. The van der Waals surface area contributed by atoms with Crippen molar-refractivity contribution in [2.24, 2.45) is 5.73 Å². The predicted molar refractivity (Wildman–Crippen MR) is 124 cm³/mol. The Kier molecular flexibility index (Phi) is 6.77. The van der Waals surface area contributed by atoms with Crippen molar-refractivity contribution in [2.75, 3.05) is 37.5 Å². The summed E-state index contributed by atoms with van der Waals surface area (Å²) in [5, 5.41) is 1.85. The van der Waals surface area contributed by atoms with Crippen molar-refractivity contribution in [1.82, 2.24) is 19.9 Å². The molecule has 5 heterocycles. The fraction of sp³-hybridized carbons (Fsp3) is 0.476. The molecule has 3 aromatic heterocycles. The second kappa shape index (κ2) is 9.51. The third-order valence-corrected chi connectivity index (χ3v) is 6.99. The first-order chi connectivity index (χ1) is 14.7. The molecule has 160 valence electrons. The largest absolute Gasteiger partial charge is 0.377 e. The molecule has 0 aromatic carbocycles. The molecule has 3 N–H and O–H groups in total. The van der Waals surface area contributed by atoms with E-state index in [1.54, 1.807) is 0 Å². The Morgan fingerprint density at radius 1 is 1.27 bits per heavy atom. The van der Waals surface area contributed by atoms with Gasteiger partial charge in [-0.15, -0.1) is 0 Å². The number of anilines is 1. The summed E-state index contributed by atoms with van der Waals surface area (Å²) < 4.78 is 5.62. The molecule has 2 atom stereocenters. The molecule has 3 aromatic rings. The van der Waals surface area contributed by atoms with E-state index in [0.717, 1.165) is 54.3 Å². The number of nitrogens with zero attached hydrogens (tertiary/aromatic N) is 4. The zero-order valence-corrected chi connectivity index (χ0v) is 18.8. The van der Waals surface area contributed by atoms with Gasteiger partial charge in [0.1, 0.15) is 16.6 Å². The van der Waals surface area contributed by atoms with Crippen LogP contribution in [0, 0.1) is 0 Å². The molecule has 2 unspecified atom stereocenters. The number of pyridine rings is 1. The summed E-state index contributed by atoms with van der Waals surface area (Å²) in [6.07, 6.45) is 4.27. The molecule has 0 saturated carbocycles. The van der Waals surface area contributed by atoms with Crippen molar-refractivity contribution < 1.29 is 4.74 Å². The Morgan fingerprint density at radius 2 is 2.13 bits per heavy atom. The van der Waals surface area contributed by atoms with Crippen LogP contribution in [0.4, 0.5) is 5.82 Å². The first-order valence-corrected chi connectivity index (χ1v) is 11.7. The number of nitrogens with one attached hydrogen (secondary N) is 1.